The molecule has 0 radical (unpaired) electrons. The summed E-state index contributed by atoms with van der Waals surface area (Å²) in [6.07, 6.45) is 0.820. The van der Waals surface area contributed by atoms with Gasteiger partial charge in [0, 0.05) is 14.1 Å². The Bertz CT molecular complexity index is 2340. The van der Waals surface area contributed by atoms with E-state index in [0.717, 1.165) is 29.4 Å². The van der Waals surface area contributed by atoms with E-state index < -0.39 is 0 Å². The first-order valence-corrected chi connectivity index (χ1v) is 17.4. The van der Waals surface area contributed by atoms with Gasteiger partial charge in [-0.05, 0) is 138 Å². The minimum atomic E-state index is 0.820. The maximum absolute atomic E-state index is 6.17. The van der Waals surface area contributed by atoms with Crippen molar-refractivity contribution in [2.75, 3.05) is 23.9 Å². The van der Waals surface area contributed by atoms with Gasteiger partial charge in [-0.15, -0.1) is 0 Å². The third-order valence-corrected chi connectivity index (χ3v) is 9.78. The fraction of sp³-hybridized carbons (Fsp3) is 0.106. The van der Waals surface area contributed by atoms with E-state index in [4.69, 9.17) is 9.47 Å². The van der Waals surface area contributed by atoms with Gasteiger partial charge in [0.05, 0.1) is 22.7 Å². The molecule has 4 nitrogen and oxygen atoms in total. The van der Waals surface area contributed by atoms with Crippen LogP contribution in [-0.4, -0.2) is 14.1 Å². The number of ether oxygens (including phenoxy) is 2. The summed E-state index contributed by atoms with van der Waals surface area (Å²) < 4.78 is 12.3. The van der Waals surface area contributed by atoms with Crippen molar-refractivity contribution in [3.63, 3.8) is 0 Å². The Hall–Kier alpha value is -6.26. The van der Waals surface area contributed by atoms with Gasteiger partial charge in [-0.3, -0.25) is 0 Å². The average molecular weight is 665 g/mol. The Morgan fingerprint density at radius 2 is 0.961 bits per heavy atom. The number of para-hydroxylation sites is 2. The van der Waals surface area contributed by atoms with E-state index in [0.29, 0.717) is 0 Å². The average Bonchev–Trinajstić information content (AvgIpc) is 3.15. The second kappa shape index (κ2) is 13.6. The standard InChI is InChI=1S/C47H40N2O2/c1-32-26-40(50-38-16-10-6-11-17-38)21-23-42(32)35-20-25-44-45(30-35)49(4)47-37(28-34-14-8-5-9-15-34)29-36(31-46(47)48(44)3)43-24-22-41(27-33(43)2)51-39-18-12-7-13-19-39/h5-27,29-31H,28H2,1-4H3. The molecule has 250 valence electrons. The lowest BCUT2D eigenvalue weighted by atomic mass is 9.91. The molecule has 1 heterocycles. The van der Waals surface area contributed by atoms with Crippen molar-refractivity contribution < 1.29 is 9.47 Å². The van der Waals surface area contributed by atoms with Gasteiger partial charge < -0.3 is 19.3 Å². The third kappa shape index (κ3) is 6.44. The summed E-state index contributed by atoms with van der Waals surface area (Å²) in [5.41, 5.74) is 14.4. The SMILES string of the molecule is Cc1cc(Oc2ccccc2)ccc1-c1ccc2c(c1)N(C)c1c(Cc3ccccc3)cc(-c3ccc(Oc4ccccc4)cc3C)cc1N2C. The van der Waals surface area contributed by atoms with E-state index in [2.05, 4.69) is 135 Å². The summed E-state index contributed by atoms with van der Waals surface area (Å²) >= 11 is 0. The highest BCUT2D eigenvalue weighted by Gasteiger charge is 2.28. The molecule has 0 N–H and O–H groups in total. The van der Waals surface area contributed by atoms with Gasteiger partial charge in [0.2, 0.25) is 0 Å². The summed E-state index contributed by atoms with van der Waals surface area (Å²) in [5.74, 6) is 3.33. The number of fused-ring (bicyclic) bond motifs is 2. The largest absolute Gasteiger partial charge is 0.457 e. The molecule has 0 unspecified atom stereocenters. The second-order valence-electron chi connectivity index (χ2n) is 13.3. The van der Waals surface area contributed by atoms with Gasteiger partial charge in [-0.1, -0.05) is 84.9 Å². The van der Waals surface area contributed by atoms with Crippen LogP contribution in [0.15, 0.2) is 158 Å². The molecule has 7 aromatic carbocycles. The highest BCUT2D eigenvalue weighted by atomic mass is 16.5. The molecule has 7 aromatic rings. The topological polar surface area (TPSA) is 24.9 Å². The molecule has 0 aliphatic carbocycles. The summed E-state index contributed by atoms with van der Waals surface area (Å²) in [4.78, 5) is 4.72. The fourth-order valence-electron chi connectivity index (χ4n) is 7.22. The van der Waals surface area contributed by atoms with Crippen LogP contribution >= 0.6 is 0 Å². The number of hydrogen-bond acceptors (Lipinski definition) is 4. The highest BCUT2D eigenvalue weighted by Crippen LogP contribution is 2.51. The van der Waals surface area contributed by atoms with Gasteiger partial charge in [-0.2, -0.15) is 0 Å². The molecule has 1 aliphatic rings. The quantitative estimate of drug-likeness (QED) is 0.161. The number of nitrogens with zero attached hydrogens (tertiary/aromatic N) is 2. The normalized spacial score (nSPS) is 11.9. The molecule has 0 spiro atoms. The minimum absolute atomic E-state index is 0.820. The third-order valence-electron chi connectivity index (χ3n) is 9.78. The molecule has 4 heteroatoms. The van der Waals surface area contributed by atoms with E-state index in [-0.39, 0.29) is 0 Å². The molecule has 0 amide bonds. The Labute approximate surface area is 300 Å². The van der Waals surface area contributed by atoms with Crippen LogP contribution in [0.3, 0.4) is 0 Å². The molecule has 0 saturated carbocycles. The fourth-order valence-corrected chi connectivity index (χ4v) is 7.22. The first-order valence-electron chi connectivity index (χ1n) is 17.4. The number of aryl methyl sites for hydroxylation is 2. The van der Waals surface area contributed by atoms with Crippen LogP contribution in [0.2, 0.25) is 0 Å². The van der Waals surface area contributed by atoms with Gasteiger partial charge in [0.25, 0.3) is 0 Å². The zero-order chi connectivity index (χ0) is 34.9. The van der Waals surface area contributed by atoms with Gasteiger partial charge in [0.15, 0.2) is 0 Å². The maximum Gasteiger partial charge on any atom is 0.127 e. The monoisotopic (exact) mass is 664 g/mol. The van der Waals surface area contributed by atoms with Crippen molar-refractivity contribution in [1.29, 1.82) is 0 Å². The number of benzene rings is 7. The van der Waals surface area contributed by atoms with Crippen molar-refractivity contribution in [2.24, 2.45) is 0 Å². The molecule has 0 fully saturated rings. The molecular formula is C47H40N2O2. The second-order valence-corrected chi connectivity index (χ2v) is 13.3. The van der Waals surface area contributed by atoms with Crippen LogP contribution < -0.4 is 19.3 Å². The highest BCUT2D eigenvalue weighted by molar-refractivity contribution is 5.98. The van der Waals surface area contributed by atoms with E-state index in [9.17, 15) is 0 Å². The lowest BCUT2D eigenvalue weighted by molar-refractivity contribution is 0.482. The lowest BCUT2D eigenvalue weighted by Gasteiger charge is -2.39. The van der Waals surface area contributed by atoms with Crippen LogP contribution in [0.25, 0.3) is 22.3 Å². The summed E-state index contributed by atoms with van der Waals surface area (Å²) in [6.45, 7) is 4.32. The van der Waals surface area contributed by atoms with Crippen molar-refractivity contribution in [1.82, 2.24) is 0 Å². The Morgan fingerprint density at radius 3 is 1.53 bits per heavy atom. The van der Waals surface area contributed by atoms with Gasteiger partial charge in [0.1, 0.15) is 23.0 Å². The van der Waals surface area contributed by atoms with Crippen molar-refractivity contribution in [3.05, 3.63) is 180 Å². The Kier molecular flexibility index (Phi) is 8.51. The Morgan fingerprint density at radius 1 is 0.431 bits per heavy atom. The predicted molar refractivity (Wildman–Crippen MR) is 212 cm³/mol. The van der Waals surface area contributed by atoms with E-state index >= 15 is 0 Å². The van der Waals surface area contributed by atoms with Crippen molar-refractivity contribution in [2.45, 2.75) is 20.3 Å². The summed E-state index contributed by atoms with van der Waals surface area (Å²) in [7, 11) is 4.39. The number of rotatable bonds is 8. The molecule has 0 bridgehead atoms. The zero-order valence-corrected chi connectivity index (χ0v) is 29.4. The number of anilines is 4. The lowest BCUT2D eigenvalue weighted by Crippen LogP contribution is -2.25. The van der Waals surface area contributed by atoms with Crippen LogP contribution in [-0.2, 0) is 6.42 Å². The van der Waals surface area contributed by atoms with Crippen LogP contribution in [0.4, 0.5) is 22.7 Å². The van der Waals surface area contributed by atoms with Crippen molar-refractivity contribution >= 4 is 22.7 Å². The minimum Gasteiger partial charge on any atom is -0.457 e. The van der Waals surface area contributed by atoms with Crippen LogP contribution in [0, 0.1) is 13.8 Å². The summed E-state index contributed by atoms with van der Waals surface area (Å²) in [6, 6.07) is 54.9. The first kappa shape index (κ1) is 32.0. The molecule has 8 rings (SSSR count). The van der Waals surface area contributed by atoms with Crippen LogP contribution in [0.1, 0.15) is 22.3 Å². The van der Waals surface area contributed by atoms with Gasteiger partial charge >= 0.3 is 0 Å². The van der Waals surface area contributed by atoms with Crippen LogP contribution in [0.5, 0.6) is 23.0 Å². The zero-order valence-electron chi connectivity index (χ0n) is 29.4. The van der Waals surface area contributed by atoms with E-state index in [1.54, 1.807) is 0 Å². The molecule has 0 atom stereocenters. The molecule has 51 heavy (non-hydrogen) atoms. The molecular weight excluding hydrogens is 625 g/mol. The Balaban J connectivity index is 1.17. The smallest absolute Gasteiger partial charge is 0.127 e. The molecule has 1 aliphatic heterocycles. The predicted octanol–water partition coefficient (Wildman–Crippen LogP) is 12.7. The molecule has 0 saturated heterocycles. The van der Waals surface area contributed by atoms with E-state index in [1.165, 1.54) is 67.3 Å². The van der Waals surface area contributed by atoms with Crippen molar-refractivity contribution in [3.8, 4) is 45.3 Å². The molecule has 0 aromatic heterocycles. The van der Waals surface area contributed by atoms with Gasteiger partial charge in [-0.25, -0.2) is 0 Å². The number of hydrogen-bond donors (Lipinski definition) is 0. The summed E-state index contributed by atoms with van der Waals surface area (Å²) in [5, 5.41) is 0. The van der Waals surface area contributed by atoms with E-state index in [1.807, 2.05) is 60.7 Å². The maximum atomic E-state index is 6.17. The first-order chi connectivity index (χ1) is 24.9.